The third kappa shape index (κ3) is 5.04. The quantitative estimate of drug-likeness (QED) is 0.394. The van der Waals surface area contributed by atoms with Crippen molar-refractivity contribution in [2.75, 3.05) is 19.8 Å². The second kappa shape index (κ2) is 9.16. The highest BCUT2D eigenvalue weighted by Gasteiger charge is 2.43. The van der Waals surface area contributed by atoms with Crippen molar-refractivity contribution in [3.05, 3.63) is 24.3 Å². The van der Waals surface area contributed by atoms with Crippen LogP contribution in [0.15, 0.2) is 24.3 Å². The minimum absolute atomic E-state index is 0.176. The number of aliphatic hydroxyl groups excluding tert-OH is 4. The van der Waals surface area contributed by atoms with Crippen LogP contribution in [-0.2, 0) is 9.47 Å². The molecule has 136 valence electrons. The Labute approximate surface area is 139 Å². The van der Waals surface area contributed by atoms with E-state index in [2.05, 4.69) is 0 Å². The summed E-state index contributed by atoms with van der Waals surface area (Å²) in [6.45, 7) is 0.246. The third-order valence-corrected chi connectivity index (χ3v) is 3.77. The molecule has 1 heterocycles. The number of ether oxygens (including phenoxy) is 3. The molecular weight excluding hydrogens is 320 g/mol. The minimum Gasteiger partial charge on any atom is -0.508 e. The molecule has 1 aliphatic heterocycles. The maximum Gasteiger partial charge on any atom is 0.186 e. The lowest BCUT2D eigenvalue weighted by Gasteiger charge is -2.39. The molecule has 2 rings (SSSR count). The molecule has 5 N–H and O–H groups in total. The van der Waals surface area contributed by atoms with Gasteiger partial charge in [0.2, 0.25) is 0 Å². The van der Waals surface area contributed by atoms with E-state index in [1.54, 1.807) is 12.1 Å². The van der Waals surface area contributed by atoms with Crippen molar-refractivity contribution in [1.82, 2.24) is 0 Å². The summed E-state index contributed by atoms with van der Waals surface area (Å²) in [4.78, 5) is 0. The van der Waals surface area contributed by atoms with E-state index in [4.69, 9.17) is 24.4 Å². The fourth-order valence-corrected chi connectivity index (χ4v) is 2.34. The molecule has 0 unspecified atom stereocenters. The Morgan fingerprint density at radius 2 is 1.58 bits per heavy atom. The van der Waals surface area contributed by atoms with Crippen LogP contribution in [-0.4, -0.2) is 76.1 Å². The molecular formula is C16H24O8. The lowest BCUT2D eigenvalue weighted by Crippen LogP contribution is -2.59. The van der Waals surface area contributed by atoms with Crippen LogP contribution in [0.3, 0.4) is 0 Å². The Morgan fingerprint density at radius 1 is 0.917 bits per heavy atom. The number of phenolic OH excluding ortho intramolecular Hbond substituents is 1. The molecule has 1 aromatic rings. The Hall–Kier alpha value is -1.42. The van der Waals surface area contributed by atoms with Crippen LogP contribution < -0.4 is 4.74 Å². The van der Waals surface area contributed by atoms with E-state index >= 15 is 0 Å². The average molecular weight is 344 g/mol. The van der Waals surface area contributed by atoms with Gasteiger partial charge in [-0.25, -0.2) is 0 Å². The van der Waals surface area contributed by atoms with Crippen molar-refractivity contribution in [3.63, 3.8) is 0 Å². The van der Waals surface area contributed by atoms with E-state index in [-0.39, 0.29) is 12.4 Å². The van der Waals surface area contributed by atoms with Crippen molar-refractivity contribution >= 4 is 0 Å². The van der Waals surface area contributed by atoms with Gasteiger partial charge < -0.3 is 39.7 Å². The van der Waals surface area contributed by atoms with Gasteiger partial charge in [0.05, 0.1) is 13.2 Å². The summed E-state index contributed by atoms with van der Waals surface area (Å²) in [6, 6.07) is 6.41. The van der Waals surface area contributed by atoms with Crippen molar-refractivity contribution in [1.29, 1.82) is 0 Å². The van der Waals surface area contributed by atoms with Crippen molar-refractivity contribution in [2.45, 2.75) is 43.5 Å². The number of unbranched alkanes of at least 4 members (excludes halogenated alkanes) is 1. The van der Waals surface area contributed by atoms with Gasteiger partial charge in [-0.1, -0.05) is 0 Å². The SMILES string of the molecule is OC[C@H]1O[C@@H](OCCCCOc2ccc(O)cc2)[C@H](O)[C@@H](O)[C@@H]1O. The second-order valence-electron chi connectivity index (χ2n) is 5.62. The molecule has 1 saturated heterocycles. The van der Waals surface area contributed by atoms with Gasteiger partial charge in [-0.2, -0.15) is 0 Å². The van der Waals surface area contributed by atoms with Crippen molar-refractivity contribution in [3.8, 4) is 11.5 Å². The Morgan fingerprint density at radius 3 is 2.25 bits per heavy atom. The number of hydrogen-bond donors (Lipinski definition) is 5. The molecule has 0 radical (unpaired) electrons. The second-order valence-corrected chi connectivity index (χ2v) is 5.62. The fraction of sp³-hybridized carbons (Fsp3) is 0.625. The summed E-state index contributed by atoms with van der Waals surface area (Å²) in [7, 11) is 0. The Kier molecular flexibility index (Phi) is 7.22. The number of rotatable bonds is 8. The van der Waals surface area contributed by atoms with Crippen LogP contribution >= 0.6 is 0 Å². The van der Waals surface area contributed by atoms with Crippen LogP contribution in [0.1, 0.15) is 12.8 Å². The first-order valence-corrected chi connectivity index (χ1v) is 7.87. The molecule has 1 fully saturated rings. The Bertz CT molecular complexity index is 477. The van der Waals surface area contributed by atoms with Crippen molar-refractivity contribution < 1.29 is 39.7 Å². The van der Waals surface area contributed by atoms with Gasteiger partial charge in [0.25, 0.3) is 0 Å². The Balaban J connectivity index is 1.63. The lowest BCUT2D eigenvalue weighted by atomic mass is 9.99. The van der Waals surface area contributed by atoms with E-state index in [1.165, 1.54) is 12.1 Å². The number of hydrogen-bond acceptors (Lipinski definition) is 8. The van der Waals surface area contributed by atoms with Crippen LogP contribution in [0.4, 0.5) is 0 Å². The first kappa shape index (κ1) is 18.9. The summed E-state index contributed by atoms with van der Waals surface area (Å²) >= 11 is 0. The predicted molar refractivity (Wildman–Crippen MR) is 82.6 cm³/mol. The van der Waals surface area contributed by atoms with E-state index in [9.17, 15) is 15.3 Å². The van der Waals surface area contributed by atoms with Gasteiger partial charge >= 0.3 is 0 Å². The summed E-state index contributed by atoms with van der Waals surface area (Å²) in [5.74, 6) is 0.831. The number of aliphatic hydroxyl groups is 4. The summed E-state index contributed by atoms with van der Waals surface area (Å²) < 4.78 is 16.1. The molecule has 0 aromatic heterocycles. The van der Waals surface area contributed by atoms with E-state index < -0.39 is 37.3 Å². The minimum atomic E-state index is -1.43. The lowest BCUT2D eigenvalue weighted by molar-refractivity contribution is -0.301. The highest BCUT2D eigenvalue weighted by atomic mass is 16.7. The highest BCUT2D eigenvalue weighted by molar-refractivity contribution is 5.29. The first-order valence-electron chi connectivity index (χ1n) is 7.87. The molecule has 8 heteroatoms. The molecule has 1 aliphatic rings. The topological polar surface area (TPSA) is 129 Å². The van der Waals surface area contributed by atoms with Gasteiger partial charge in [0.15, 0.2) is 6.29 Å². The fourth-order valence-electron chi connectivity index (χ4n) is 2.34. The van der Waals surface area contributed by atoms with Crippen LogP contribution in [0, 0.1) is 0 Å². The largest absolute Gasteiger partial charge is 0.508 e. The predicted octanol–water partition coefficient (Wildman–Crippen LogP) is -0.632. The molecule has 0 bridgehead atoms. The van der Waals surface area contributed by atoms with Gasteiger partial charge in [-0.15, -0.1) is 0 Å². The zero-order valence-corrected chi connectivity index (χ0v) is 13.2. The van der Waals surface area contributed by atoms with E-state index in [0.717, 1.165) is 0 Å². The standard InChI is InChI=1S/C16H24O8/c17-9-12-13(19)14(20)15(21)16(24-12)23-8-2-1-7-22-11-5-3-10(18)4-6-11/h3-6,12-21H,1-2,7-9H2/t12-,13-,14+,15-,16-/m1/s1. The van der Waals surface area contributed by atoms with Crippen molar-refractivity contribution in [2.24, 2.45) is 0 Å². The van der Waals surface area contributed by atoms with Gasteiger partial charge in [0, 0.05) is 6.61 Å². The van der Waals surface area contributed by atoms with E-state index in [0.29, 0.717) is 25.2 Å². The summed E-state index contributed by atoms with van der Waals surface area (Å²) in [5, 5.41) is 47.4. The average Bonchev–Trinajstić information content (AvgIpc) is 2.59. The van der Waals surface area contributed by atoms with Gasteiger partial charge in [-0.05, 0) is 37.1 Å². The molecule has 1 aromatic carbocycles. The molecule has 0 amide bonds. The van der Waals surface area contributed by atoms with E-state index in [1.807, 2.05) is 0 Å². The maximum absolute atomic E-state index is 9.81. The van der Waals surface area contributed by atoms with Crippen LogP contribution in [0.5, 0.6) is 11.5 Å². The smallest absolute Gasteiger partial charge is 0.186 e. The zero-order valence-electron chi connectivity index (χ0n) is 13.2. The molecule has 0 saturated carbocycles. The summed E-state index contributed by atoms with van der Waals surface area (Å²) in [6.07, 6.45) is -4.94. The summed E-state index contributed by atoms with van der Waals surface area (Å²) in [5.41, 5.74) is 0. The zero-order chi connectivity index (χ0) is 17.5. The van der Waals surface area contributed by atoms with Gasteiger partial charge in [0.1, 0.15) is 35.9 Å². The molecule has 0 spiro atoms. The molecule has 8 nitrogen and oxygen atoms in total. The maximum atomic E-state index is 9.81. The number of phenols is 1. The molecule has 0 aliphatic carbocycles. The van der Waals surface area contributed by atoms with Crippen LogP contribution in [0.25, 0.3) is 0 Å². The van der Waals surface area contributed by atoms with Gasteiger partial charge in [-0.3, -0.25) is 0 Å². The molecule has 24 heavy (non-hydrogen) atoms. The number of benzene rings is 1. The monoisotopic (exact) mass is 344 g/mol. The van der Waals surface area contributed by atoms with Crippen LogP contribution in [0.2, 0.25) is 0 Å². The normalized spacial score (nSPS) is 30.2. The first-order chi connectivity index (χ1) is 11.5. The molecule has 5 atom stereocenters. The number of aromatic hydroxyl groups is 1. The highest BCUT2D eigenvalue weighted by Crippen LogP contribution is 2.22. The third-order valence-electron chi connectivity index (χ3n) is 3.77.